The highest BCUT2D eigenvalue weighted by Gasteiger charge is 2.29. The van der Waals surface area contributed by atoms with Crippen LogP contribution in [-0.4, -0.2) is 41.4 Å². The number of phenolic OH excluding ortho intramolecular Hbond substituents is 1. The average Bonchev–Trinajstić information content (AvgIpc) is 2.91. The fourth-order valence-electron chi connectivity index (χ4n) is 3.24. The summed E-state index contributed by atoms with van der Waals surface area (Å²) in [6.07, 6.45) is 3.08. The third-order valence-corrected chi connectivity index (χ3v) is 5.95. The maximum atomic E-state index is 12.8. The third kappa shape index (κ3) is 5.54. The van der Waals surface area contributed by atoms with Gasteiger partial charge in [0.15, 0.2) is 0 Å². The van der Waals surface area contributed by atoms with Gasteiger partial charge >= 0.3 is 0 Å². The van der Waals surface area contributed by atoms with Crippen LogP contribution < -0.4 is 5.32 Å². The Labute approximate surface area is 174 Å². The Hall–Kier alpha value is -1.46. The predicted octanol–water partition coefficient (Wildman–Crippen LogP) is 4.86. The Bertz CT molecular complexity index is 707. The Balaban J connectivity index is 2.31. The van der Waals surface area contributed by atoms with E-state index in [2.05, 4.69) is 53.8 Å². The van der Waals surface area contributed by atoms with Gasteiger partial charge in [-0.1, -0.05) is 60.2 Å². The molecule has 0 aromatic heterocycles. The van der Waals surface area contributed by atoms with Gasteiger partial charge in [0.05, 0.1) is 10.8 Å². The van der Waals surface area contributed by atoms with E-state index in [4.69, 9.17) is 0 Å². The van der Waals surface area contributed by atoms with E-state index in [1.54, 1.807) is 11.8 Å². The highest BCUT2D eigenvalue weighted by molar-refractivity contribution is 8.04. The molecule has 156 valence electrons. The van der Waals surface area contributed by atoms with Crippen LogP contribution in [0.15, 0.2) is 17.0 Å². The Morgan fingerprint density at radius 3 is 2.18 bits per heavy atom. The van der Waals surface area contributed by atoms with Crippen molar-refractivity contribution in [1.82, 2.24) is 10.2 Å². The summed E-state index contributed by atoms with van der Waals surface area (Å²) < 4.78 is 0. The first-order valence-electron chi connectivity index (χ1n) is 10.2. The van der Waals surface area contributed by atoms with E-state index >= 15 is 0 Å². The SMILES string of the molecule is CCCNCCN1CS/C(=C\c2cc(C(C)(C)C)c(O)c(C(C)(C)C)c2)C1=O. The lowest BCUT2D eigenvalue weighted by atomic mass is 9.78. The minimum atomic E-state index is -0.178. The van der Waals surface area contributed by atoms with E-state index in [1.807, 2.05) is 23.1 Å². The summed E-state index contributed by atoms with van der Waals surface area (Å²) in [6, 6.07) is 4.05. The van der Waals surface area contributed by atoms with E-state index in [0.717, 1.165) is 47.7 Å². The highest BCUT2D eigenvalue weighted by atomic mass is 32.2. The van der Waals surface area contributed by atoms with E-state index in [-0.39, 0.29) is 16.7 Å². The standard InChI is InChI=1S/C23H36N2O2S/c1-8-9-24-10-11-25-15-28-19(21(25)27)14-16-12-17(22(2,3)4)20(26)18(13-16)23(5,6)7/h12-14,24,26H,8-11,15H2,1-7H3/b19-14-. The number of carbonyl (C=O) groups is 1. The van der Waals surface area contributed by atoms with Crippen molar-refractivity contribution in [2.75, 3.05) is 25.5 Å². The van der Waals surface area contributed by atoms with Crippen LogP contribution in [0.1, 0.15) is 71.6 Å². The Morgan fingerprint density at radius 1 is 1.11 bits per heavy atom. The number of phenols is 1. The number of nitrogens with one attached hydrogen (secondary N) is 1. The molecule has 0 atom stereocenters. The monoisotopic (exact) mass is 404 g/mol. The number of thioether (sulfide) groups is 1. The first kappa shape index (κ1) is 22.8. The van der Waals surface area contributed by atoms with E-state index in [0.29, 0.717) is 11.6 Å². The van der Waals surface area contributed by atoms with Crippen molar-refractivity contribution in [2.45, 2.75) is 65.7 Å². The highest BCUT2D eigenvalue weighted by Crippen LogP contribution is 2.41. The number of aromatic hydroxyl groups is 1. The lowest BCUT2D eigenvalue weighted by Gasteiger charge is -2.28. The number of amides is 1. The zero-order chi connectivity index (χ0) is 21.1. The maximum Gasteiger partial charge on any atom is 0.261 e. The lowest BCUT2D eigenvalue weighted by Crippen LogP contribution is -2.33. The molecule has 1 amide bonds. The van der Waals surface area contributed by atoms with Crippen LogP contribution in [0.4, 0.5) is 0 Å². The van der Waals surface area contributed by atoms with Crippen molar-refractivity contribution in [3.8, 4) is 5.75 Å². The normalized spacial score (nSPS) is 17.0. The molecular formula is C23H36N2O2S. The van der Waals surface area contributed by atoms with Gasteiger partial charge in [0.25, 0.3) is 5.91 Å². The molecule has 2 rings (SSSR count). The topological polar surface area (TPSA) is 52.6 Å². The summed E-state index contributed by atoms with van der Waals surface area (Å²) in [6.45, 7) is 17.3. The third-order valence-electron chi connectivity index (χ3n) is 4.91. The summed E-state index contributed by atoms with van der Waals surface area (Å²) in [5, 5.41) is 14.2. The Kier molecular flexibility index (Phi) is 7.27. The summed E-state index contributed by atoms with van der Waals surface area (Å²) in [5.41, 5.74) is 2.46. The molecule has 0 aliphatic carbocycles. The van der Waals surface area contributed by atoms with Gasteiger partial charge in [-0.2, -0.15) is 0 Å². The molecule has 0 bridgehead atoms. The molecule has 5 heteroatoms. The van der Waals surface area contributed by atoms with Crippen molar-refractivity contribution in [2.24, 2.45) is 0 Å². The number of benzene rings is 1. The second-order valence-electron chi connectivity index (χ2n) is 9.57. The summed E-state index contributed by atoms with van der Waals surface area (Å²) >= 11 is 1.60. The quantitative estimate of drug-likeness (QED) is 0.525. The van der Waals surface area contributed by atoms with Gasteiger partial charge in [0.2, 0.25) is 0 Å². The molecule has 1 fully saturated rings. The van der Waals surface area contributed by atoms with Gasteiger partial charge in [-0.25, -0.2) is 0 Å². The average molecular weight is 405 g/mol. The van der Waals surface area contributed by atoms with Crippen LogP contribution in [-0.2, 0) is 15.6 Å². The second kappa shape index (κ2) is 8.91. The molecule has 0 saturated carbocycles. The van der Waals surface area contributed by atoms with Gasteiger partial charge in [-0.05, 0) is 47.6 Å². The molecule has 0 radical (unpaired) electrons. The first-order valence-corrected chi connectivity index (χ1v) is 11.2. The van der Waals surface area contributed by atoms with Crippen LogP contribution in [0.2, 0.25) is 0 Å². The van der Waals surface area contributed by atoms with E-state index in [1.165, 1.54) is 0 Å². The number of carbonyl (C=O) groups excluding carboxylic acids is 1. The zero-order valence-corrected chi connectivity index (χ0v) is 19.3. The van der Waals surface area contributed by atoms with Gasteiger partial charge in [0.1, 0.15) is 5.75 Å². The molecule has 1 saturated heterocycles. The van der Waals surface area contributed by atoms with Gasteiger partial charge < -0.3 is 15.3 Å². The zero-order valence-electron chi connectivity index (χ0n) is 18.5. The molecule has 1 aliphatic heterocycles. The van der Waals surface area contributed by atoms with Gasteiger partial charge in [0, 0.05) is 24.2 Å². The van der Waals surface area contributed by atoms with Crippen molar-refractivity contribution >= 4 is 23.7 Å². The minimum Gasteiger partial charge on any atom is -0.507 e. The number of hydrogen-bond acceptors (Lipinski definition) is 4. The predicted molar refractivity (Wildman–Crippen MR) is 121 cm³/mol. The van der Waals surface area contributed by atoms with Gasteiger partial charge in [-0.15, -0.1) is 0 Å². The molecule has 1 aromatic carbocycles. The molecule has 28 heavy (non-hydrogen) atoms. The molecule has 1 aliphatic rings. The molecule has 0 unspecified atom stereocenters. The number of hydrogen-bond donors (Lipinski definition) is 2. The van der Waals surface area contributed by atoms with E-state index in [9.17, 15) is 9.90 Å². The van der Waals surface area contributed by atoms with Crippen molar-refractivity contribution in [3.05, 3.63) is 33.7 Å². The molecular weight excluding hydrogens is 368 g/mol. The fraction of sp³-hybridized carbons (Fsp3) is 0.609. The number of rotatable bonds is 6. The summed E-state index contributed by atoms with van der Waals surface area (Å²) in [7, 11) is 0. The summed E-state index contributed by atoms with van der Waals surface area (Å²) in [4.78, 5) is 15.4. The van der Waals surface area contributed by atoms with Crippen molar-refractivity contribution in [3.63, 3.8) is 0 Å². The first-order chi connectivity index (χ1) is 12.9. The van der Waals surface area contributed by atoms with Crippen LogP contribution in [0, 0.1) is 0 Å². The van der Waals surface area contributed by atoms with E-state index < -0.39 is 0 Å². The largest absolute Gasteiger partial charge is 0.507 e. The molecule has 1 aromatic rings. The molecule has 0 spiro atoms. The molecule has 2 N–H and O–H groups in total. The Morgan fingerprint density at radius 2 is 1.68 bits per heavy atom. The lowest BCUT2D eigenvalue weighted by molar-refractivity contribution is -0.124. The van der Waals surface area contributed by atoms with Gasteiger partial charge in [-0.3, -0.25) is 4.79 Å². The molecule has 4 nitrogen and oxygen atoms in total. The fourth-order valence-corrected chi connectivity index (χ4v) is 4.26. The van der Waals surface area contributed by atoms with Crippen LogP contribution >= 0.6 is 11.8 Å². The second-order valence-corrected chi connectivity index (χ2v) is 10.6. The van der Waals surface area contributed by atoms with Crippen LogP contribution in [0.25, 0.3) is 6.08 Å². The smallest absolute Gasteiger partial charge is 0.261 e. The van der Waals surface area contributed by atoms with Crippen molar-refractivity contribution in [1.29, 1.82) is 0 Å². The van der Waals surface area contributed by atoms with Crippen LogP contribution in [0.5, 0.6) is 5.75 Å². The minimum absolute atomic E-state index is 0.103. The van der Waals surface area contributed by atoms with Crippen molar-refractivity contribution < 1.29 is 9.90 Å². The van der Waals surface area contributed by atoms with Crippen LogP contribution in [0.3, 0.4) is 0 Å². The molecule has 1 heterocycles. The maximum absolute atomic E-state index is 12.8. The summed E-state index contributed by atoms with van der Waals surface area (Å²) in [5.74, 6) is 1.18. The number of nitrogens with zero attached hydrogens (tertiary/aromatic N) is 1.